The molecule has 0 bridgehead atoms. The first-order chi connectivity index (χ1) is 16.4. The zero-order valence-electron chi connectivity index (χ0n) is 19.1. The van der Waals surface area contributed by atoms with Crippen molar-refractivity contribution in [3.63, 3.8) is 0 Å². The Hall–Kier alpha value is -2.78. The average molecular weight is 485 g/mol. The largest absolute Gasteiger partial charge is 0.355 e. The van der Waals surface area contributed by atoms with Crippen molar-refractivity contribution in [3.8, 4) is 0 Å². The van der Waals surface area contributed by atoms with Gasteiger partial charge in [-0.2, -0.15) is 8.42 Å². The van der Waals surface area contributed by atoms with Gasteiger partial charge in [0.15, 0.2) is 5.84 Å². The molecule has 180 valence electrons. The number of benzene rings is 2. The maximum atomic E-state index is 13.3. The lowest BCUT2D eigenvalue weighted by atomic mass is 9.94. The summed E-state index contributed by atoms with van der Waals surface area (Å²) in [6.45, 7) is 5.14. The van der Waals surface area contributed by atoms with E-state index >= 15 is 0 Å². The van der Waals surface area contributed by atoms with Crippen molar-refractivity contribution in [2.75, 3.05) is 39.3 Å². The molecule has 5 rings (SSSR count). The number of amides is 1. The van der Waals surface area contributed by atoms with Gasteiger partial charge in [0.25, 0.3) is 10.0 Å². The molecule has 2 aromatic carbocycles. The van der Waals surface area contributed by atoms with Crippen LogP contribution in [0.1, 0.15) is 30.4 Å². The van der Waals surface area contributed by atoms with Crippen molar-refractivity contribution < 1.29 is 17.6 Å². The lowest BCUT2D eigenvalue weighted by Crippen LogP contribution is -2.45. The highest BCUT2D eigenvalue weighted by Crippen LogP contribution is 2.30. The van der Waals surface area contributed by atoms with Crippen molar-refractivity contribution in [2.45, 2.75) is 30.7 Å². The topological polar surface area (TPSA) is 73.3 Å². The number of piperidine rings is 1. The van der Waals surface area contributed by atoms with E-state index in [0.717, 1.165) is 38.2 Å². The Kier molecular flexibility index (Phi) is 6.40. The van der Waals surface area contributed by atoms with E-state index in [-0.39, 0.29) is 22.5 Å². The first-order valence-corrected chi connectivity index (χ1v) is 13.3. The van der Waals surface area contributed by atoms with Crippen LogP contribution in [0.15, 0.2) is 57.8 Å². The number of rotatable bonds is 3. The lowest BCUT2D eigenvalue weighted by Gasteiger charge is -2.35. The third-order valence-electron chi connectivity index (χ3n) is 6.98. The Morgan fingerprint density at radius 1 is 0.941 bits per heavy atom. The Morgan fingerprint density at radius 3 is 2.44 bits per heavy atom. The second-order valence-corrected chi connectivity index (χ2v) is 10.8. The number of carbonyl (C=O) groups excluding carboxylic acids is 1. The number of hydrogen-bond donors (Lipinski definition) is 0. The van der Waals surface area contributed by atoms with Gasteiger partial charge in [-0.25, -0.2) is 4.39 Å². The van der Waals surface area contributed by atoms with Crippen molar-refractivity contribution in [1.29, 1.82) is 0 Å². The second kappa shape index (κ2) is 9.46. The molecule has 0 atom stereocenters. The Bertz CT molecular complexity index is 1190. The molecule has 9 heteroatoms. The third kappa shape index (κ3) is 4.72. The van der Waals surface area contributed by atoms with Gasteiger partial charge in [0.05, 0.1) is 0 Å². The molecule has 34 heavy (non-hydrogen) atoms. The van der Waals surface area contributed by atoms with Crippen LogP contribution >= 0.6 is 0 Å². The molecule has 0 aromatic heterocycles. The first-order valence-electron chi connectivity index (χ1n) is 11.9. The highest BCUT2D eigenvalue weighted by atomic mass is 32.2. The second-order valence-electron chi connectivity index (χ2n) is 9.23. The summed E-state index contributed by atoms with van der Waals surface area (Å²) in [7, 11) is -3.64. The van der Waals surface area contributed by atoms with Crippen LogP contribution in [0, 0.1) is 11.7 Å². The summed E-state index contributed by atoms with van der Waals surface area (Å²) in [4.78, 5) is 19.8. The van der Waals surface area contributed by atoms with Crippen LogP contribution in [0.5, 0.6) is 0 Å². The summed E-state index contributed by atoms with van der Waals surface area (Å²) in [6.07, 6.45) is 2.29. The molecule has 3 aliphatic heterocycles. The van der Waals surface area contributed by atoms with Crippen LogP contribution in [0.25, 0.3) is 0 Å². The van der Waals surface area contributed by atoms with Crippen molar-refractivity contribution in [2.24, 2.45) is 10.3 Å². The van der Waals surface area contributed by atoms with E-state index in [2.05, 4.69) is 9.30 Å². The minimum Gasteiger partial charge on any atom is -0.355 e. The summed E-state index contributed by atoms with van der Waals surface area (Å²) in [5.41, 5.74) is 1.73. The third-order valence-corrected chi connectivity index (χ3v) is 8.30. The van der Waals surface area contributed by atoms with E-state index in [1.165, 1.54) is 12.1 Å². The molecule has 0 spiro atoms. The molecule has 3 heterocycles. The molecular weight excluding hydrogens is 455 g/mol. The molecule has 7 nitrogen and oxygen atoms in total. The maximum absolute atomic E-state index is 13.3. The van der Waals surface area contributed by atoms with Gasteiger partial charge in [-0.15, -0.1) is 4.40 Å². The number of likely N-dealkylation sites (tertiary alicyclic amines) is 1. The summed E-state index contributed by atoms with van der Waals surface area (Å²) < 4.78 is 41.9. The van der Waals surface area contributed by atoms with Crippen LogP contribution < -0.4 is 0 Å². The Balaban J connectivity index is 1.16. The zero-order chi connectivity index (χ0) is 23.7. The normalized spacial score (nSPS) is 21.1. The fraction of sp³-hybridized carbons (Fsp3) is 0.440. The number of fused-ring (bicyclic) bond motifs is 1. The van der Waals surface area contributed by atoms with E-state index in [0.29, 0.717) is 43.9 Å². The average Bonchev–Trinajstić information content (AvgIpc) is 2.98. The molecule has 0 N–H and O–H groups in total. The zero-order valence-corrected chi connectivity index (χ0v) is 19.9. The van der Waals surface area contributed by atoms with Gasteiger partial charge < -0.3 is 9.80 Å². The number of nitrogens with zero attached hydrogens (tertiary/aromatic N) is 4. The van der Waals surface area contributed by atoms with E-state index in [1.54, 1.807) is 18.2 Å². The molecular formula is C25H29FN4O3S. The van der Waals surface area contributed by atoms with Gasteiger partial charge in [-0.1, -0.05) is 24.3 Å². The minimum atomic E-state index is -3.64. The van der Waals surface area contributed by atoms with Gasteiger partial charge >= 0.3 is 0 Å². The minimum absolute atomic E-state index is 0.0475. The van der Waals surface area contributed by atoms with Crippen LogP contribution in [0.4, 0.5) is 4.39 Å². The van der Waals surface area contributed by atoms with Gasteiger partial charge in [0, 0.05) is 57.3 Å². The molecule has 0 unspecified atom stereocenters. The monoisotopic (exact) mass is 484 g/mol. The van der Waals surface area contributed by atoms with E-state index in [1.807, 2.05) is 28.0 Å². The van der Waals surface area contributed by atoms with Gasteiger partial charge in [0.2, 0.25) is 5.91 Å². The molecule has 0 saturated carbocycles. The molecule has 1 amide bonds. The van der Waals surface area contributed by atoms with Gasteiger partial charge in [0.1, 0.15) is 10.7 Å². The van der Waals surface area contributed by atoms with Crippen LogP contribution in [-0.4, -0.2) is 74.1 Å². The fourth-order valence-electron chi connectivity index (χ4n) is 5.11. The summed E-state index contributed by atoms with van der Waals surface area (Å²) >= 11 is 0. The van der Waals surface area contributed by atoms with Gasteiger partial charge in [-0.3, -0.25) is 9.69 Å². The van der Waals surface area contributed by atoms with Gasteiger partial charge in [-0.05, 0) is 49.1 Å². The molecule has 2 fully saturated rings. The van der Waals surface area contributed by atoms with E-state index < -0.39 is 10.0 Å². The molecule has 0 aliphatic carbocycles. The summed E-state index contributed by atoms with van der Waals surface area (Å²) in [5.74, 6) is 0.430. The smallest absolute Gasteiger partial charge is 0.285 e. The number of carbonyl (C=O) groups is 1. The van der Waals surface area contributed by atoms with Crippen molar-refractivity contribution in [3.05, 3.63) is 65.5 Å². The Morgan fingerprint density at radius 2 is 1.68 bits per heavy atom. The predicted octanol–water partition coefficient (Wildman–Crippen LogP) is 2.72. The van der Waals surface area contributed by atoms with Crippen LogP contribution in [0.3, 0.4) is 0 Å². The van der Waals surface area contributed by atoms with Crippen molar-refractivity contribution >= 4 is 21.8 Å². The molecule has 3 aliphatic rings. The summed E-state index contributed by atoms with van der Waals surface area (Å²) in [6, 6.07) is 13.5. The van der Waals surface area contributed by atoms with E-state index in [4.69, 9.17) is 0 Å². The fourth-order valence-corrected chi connectivity index (χ4v) is 6.34. The first kappa shape index (κ1) is 23.0. The molecule has 0 radical (unpaired) electrons. The predicted molar refractivity (Wildman–Crippen MR) is 127 cm³/mol. The SMILES string of the molecule is O=C(C1CCN(C2=NS(=O)(=O)c3ccccc32)CC1)N1CCCN(Cc2ccc(F)cc2)CC1. The number of hydrogen-bond acceptors (Lipinski definition) is 5. The number of amidine groups is 1. The van der Waals surface area contributed by atoms with Crippen LogP contribution in [0.2, 0.25) is 0 Å². The quantitative estimate of drug-likeness (QED) is 0.670. The number of halogens is 1. The maximum Gasteiger partial charge on any atom is 0.285 e. The van der Waals surface area contributed by atoms with Crippen molar-refractivity contribution in [1.82, 2.24) is 14.7 Å². The number of sulfonamides is 1. The summed E-state index contributed by atoms with van der Waals surface area (Å²) in [5, 5.41) is 0. The van der Waals surface area contributed by atoms with Crippen LogP contribution in [-0.2, 0) is 21.4 Å². The highest BCUT2D eigenvalue weighted by molar-refractivity contribution is 7.90. The van der Waals surface area contributed by atoms with E-state index in [9.17, 15) is 17.6 Å². The standard InChI is InChI=1S/C25H29FN4O3S/c26-21-8-6-19(7-9-21)18-28-12-3-13-30(17-16-28)25(31)20-10-14-29(15-11-20)24-22-4-1-2-5-23(22)34(32,33)27-24/h1-2,4-9,20H,3,10-18H2. The lowest BCUT2D eigenvalue weighted by molar-refractivity contribution is -0.136. The highest BCUT2D eigenvalue weighted by Gasteiger charge is 2.35. The molecule has 2 saturated heterocycles. The Labute approximate surface area is 199 Å². The molecule has 2 aromatic rings.